The Morgan fingerprint density at radius 1 is 1.30 bits per heavy atom. The molecule has 0 radical (unpaired) electrons. The van der Waals surface area contributed by atoms with E-state index in [2.05, 4.69) is 4.90 Å². The van der Waals surface area contributed by atoms with E-state index in [1.54, 1.807) is 32.1 Å². The Morgan fingerprint density at radius 3 is 2.85 bits per heavy atom. The topological polar surface area (TPSA) is 76.1 Å². The molecule has 1 atom stereocenters. The summed E-state index contributed by atoms with van der Waals surface area (Å²) in [5, 5.41) is 10.7. The number of aromatic hydroxyl groups is 1. The van der Waals surface area contributed by atoms with Gasteiger partial charge in [-0.1, -0.05) is 42.5 Å². The summed E-state index contributed by atoms with van der Waals surface area (Å²) < 4.78 is 11.2. The monoisotopic (exact) mass is 447 g/mol. The highest BCUT2D eigenvalue weighted by Crippen LogP contribution is 2.42. The highest BCUT2D eigenvalue weighted by Gasteiger charge is 2.34. The van der Waals surface area contributed by atoms with Crippen LogP contribution in [0.3, 0.4) is 0 Å². The van der Waals surface area contributed by atoms with Crippen molar-refractivity contribution in [3.05, 3.63) is 76.6 Å². The molecule has 1 unspecified atom stereocenters. The number of hydrogen-bond donors (Lipinski definition) is 1. The molecule has 2 heterocycles. The van der Waals surface area contributed by atoms with E-state index in [0.29, 0.717) is 42.1 Å². The van der Waals surface area contributed by atoms with Crippen molar-refractivity contribution in [1.82, 2.24) is 4.90 Å². The number of rotatable bonds is 6. The molecule has 0 amide bonds. The zero-order chi connectivity index (χ0) is 23.4. The van der Waals surface area contributed by atoms with Crippen LogP contribution in [0, 0.1) is 12.8 Å². The summed E-state index contributed by atoms with van der Waals surface area (Å²) in [7, 11) is 0. The number of Topliss-reactive ketones (excluding diaryl/α,β-unsaturated/α-hetero) is 1. The minimum absolute atomic E-state index is 0.0957. The molecule has 6 nitrogen and oxygen atoms in total. The van der Waals surface area contributed by atoms with E-state index in [-0.39, 0.29) is 29.2 Å². The standard InChI is InChI=1S/C27H29NO5/c1-3-32-27(31)20-12-8-14-28(16-20)17-21-22(29)15-18(2)24-25(30)23(33-26(21)24)13-7-11-19-9-5-4-6-10-19/h4-7,9-11,13,15,20,29H,3,8,12,14,16-17H2,1-2H3/b11-7+,23-13-. The Bertz CT molecular complexity index is 1100. The van der Waals surface area contributed by atoms with E-state index < -0.39 is 0 Å². The number of fused-ring (bicyclic) bond motifs is 1. The Kier molecular flexibility index (Phi) is 6.94. The number of carbonyl (C=O) groups is 2. The minimum Gasteiger partial charge on any atom is -0.507 e. The van der Waals surface area contributed by atoms with Crippen molar-refractivity contribution in [2.75, 3.05) is 19.7 Å². The summed E-state index contributed by atoms with van der Waals surface area (Å²) in [4.78, 5) is 27.4. The number of hydrogen-bond acceptors (Lipinski definition) is 6. The smallest absolute Gasteiger partial charge is 0.310 e. The molecule has 0 bridgehead atoms. The first-order valence-corrected chi connectivity index (χ1v) is 11.4. The number of esters is 1. The van der Waals surface area contributed by atoms with E-state index in [0.717, 1.165) is 24.9 Å². The summed E-state index contributed by atoms with van der Waals surface area (Å²) in [5.41, 5.74) is 2.76. The molecule has 0 aromatic heterocycles. The summed E-state index contributed by atoms with van der Waals surface area (Å²) in [6.45, 7) is 5.71. The fourth-order valence-electron chi connectivity index (χ4n) is 4.43. The van der Waals surface area contributed by atoms with Crippen LogP contribution in [0.25, 0.3) is 6.08 Å². The summed E-state index contributed by atoms with van der Waals surface area (Å²) in [5.74, 6) is 0.191. The van der Waals surface area contributed by atoms with Gasteiger partial charge in [0, 0.05) is 13.1 Å². The second-order valence-corrected chi connectivity index (χ2v) is 8.45. The average molecular weight is 448 g/mol. The van der Waals surface area contributed by atoms with Gasteiger partial charge in [-0.25, -0.2) is 0 Å². The lowest BCUT2D eigenvalue weighted by molar-refractivity contribution is -0.150. The molecule has 6 heteroatoms. The third kappa shape index (κ3) is 5.01. The van der Waals surface area contributed by atoms with Crippen LogP contribution in [0.2, 0.25) is 0 Å². The molecule has 0 spiro atoms. The molecule has 2 aromatic carbocycles. The van der Waals surface area contributed by atoms with Crippen molar-refractivity contribution >= 4 is 17.8 Å². The zero-order valence-corrected chi connectivity index (χ0v) is 19.0. The van der Waals surface area contributed by atoms with Gasteiger partial charge in [0.25, 0.3) is 0 Å². The van der Waals surface area contributed by atoms with Crippen LogP contribution in [-0.4, -0.2) is 41.5 Å². The van der Waals surface area contributed by atoms with Crippen molar-refractivity contribution in [1.29, 1.82) is 0 Å². The van der Waals surface area contributed by atoms with Crippen molar-refractivity contribution in [3.63, 3.8) is 0 Å². The maximum atomic E-state index is 13.0. The molecular weight excluding hydrogens is 418 g/mol. The van der Waals surface area contributed by atoms with E-state index in [1.807, 2.05) is 36.4 Å². The molecule has 1 saturated heterocycles. The van der Waals surface area contributed by atoms with Gasteiger partial charge in [0.2, 0.25) is 5.78 Å². The molecule has 2 aromatic rings. The van der Waals surface area contributed by atoms with E-state index in [4.69, 9.17) is 9.47 Å². The molecular formula is C27H29NO5. The number of nitrogens with zero attached hydrogens (tertiary/aromatic N) is 1. The fourth-order valence-corrected chi connectivity index (χ4v) is 4.43. The zero-order valence-electron chi connectivity index (χ0n) is 19.0. The summed E-state index contributed by atoms with van der Waals surface area (Å²) >= 11 is 0. The Balaban J connectivity index is 1.56. The molecule has 2 aliphatic rings. The molecule has 172 valence electrons. The van der Waals surface area contributed by atoms with Crippen LogP contribution < -0.4 is 4.74 Å². The van der Waals surface area contributed by atoms with Gasteiger partial charge in [0.1, 0.15) is 11.5 Å². The van der Waals surface area contributed by atoms with Gasteiger partial charge in [0.15, 0.2) is 5.76 Å². The predicted octanol–water partition coefficient (Wildman–Crippen LogP) is 4.65. The van der Waals surface area contributed by atoms with Crippen LogP contribution in [-0.2, 0) is 16.1 Å². The molecule has 0 saturated carbocycles. The number of phenols is 1. The number of benzene rings is 2. The van der Waals surface area contributed by atoms with Gasteiger partial charge in [-0.05, 0) is 56.5 Å². The Hall–Kier alpha value is -3.38. The second kappa shape index (κ2) is 10.0. The molecule has 4 rings (SSSR count). The largest absolute Gasteiger partial charge is 0.507 e. The van der Waals surface area contributed by atoms with Gasteiger partial charge in [-0.15, -0.1) is 0 Å². The summed E-state index contributed by atoms with van der Waals surface area (Å²) in [6.07, 6.45) is 7.02. The number of ether oxygens (including phenoxy) is 2. The first-order chi connectivity index (χ1) is 16.0. The average Bonchev–Trinajstić information content (AvgIpc) is 3.14. The van der Waals surface area contributed by atoms with Crippen molar-refractivity contribution in [2.45, 2.75) is 33.2 Å². The predicted molar refractivity (Wildman–Crippen MR) is 126 cm³/mol. The molecule has 33 heavy (non-hydrogen) atoms. The van der Waals surface area contributed by atoms with E-state index in [1.165, 1.54) is 0 Å². The number of aryl methyl sites for hydroxylation is 1. The van der Waals surface area contributed by atoms with Crippen LogP contribution in [0.15, 0.2) is 54.3 Å². The Morgan fingerprint density at radius 2 is 2.09 bits per heavy atom. The molecule has 2 aliphatic heterocycles. The number of phenolic OH excluding ortho intramolecular Hbond substituents is 1. The van der Waals surface area contributed by atoms with E-state index in [9.17, 15) is 14.7 Å². The molecule has 1 N–H and O–H groups in total. The lowest BCUT2D eigenvalue weighted by atomic mass is 9.96. The first kappa shape index (κ1) is 22.8. The number of likely N-dealkylation sites (tertiary alicyclic amines) is 1. The number of carbonyl (C=O) groups excluding carboxylic acids is 2. The normalized spacial score (nSPS) is 19.6. The fraction of sp³-hybridized carbons (Fsp3) is 0.333. The third-order valence-corrected chi connectivity index (χ3v) is 6.06. The van der Waals surface area contributed by atoms with E-state index >= 15 is 0 Å². The number of piperidine rings is 1. The molecule has 0 aliphatic carbocycles. The maximum absolute atomic E-state index is 13.0. The second-order valence-electron chi connectivity index (χ2n) is 8.45. The maximum Gasteiger partial charge on any atom is 0.310 e. The third-order valence-electron chi connectivity index (χ3n) is 6.06. The highest BCUT2D eigenvalue weighted by molar-refractivity contribution is 6.14. The lowest BCUT2D eigenvalue weighted by Crippen LogP contribution is -2.39. The van der Waals surface area contributed by atoms with Crippen LogP contribution >= 0.6 is 0 Å². The number of allylic oxidation sites excluding steroid dienone is 3. The van der Waals surface area contributed by atoms with Crippen molar-refractivity contribution in [2.24, 2.45) is 5.92 Å². The molecule has 1 fully saturated rings. The SMILES string of the molecule is CCOC(=O)C1CCCN(Cc2c(O)cc(C)c3c2O/C(=C\C=C\c2ccccc2)C3=O)C1. The van der Waals surface area contributed by atoms with Crippen molar-refractivity contribution in [3.8, 4) is 11.5 Å². The Labute approximate surface area is 194 Å². The quantitative estimate of drug-likeness (QED) is 0.513. The lowest BCUT2D eigenvalue weighted by Gasteiger charge is -2.31. The van der Waals surface area contributed by atoms with Crippen LogP contribution in [0.1, 0.15) is 46.8 Å². The van der Waals surface area contributed by atoms with Gasteiger partial charge >= 0.3 is 5.97 Å². The number of ketones is 1. The van der Waals surface area contributed by atoms with Crippen molar-refractivity contribution < 1.29 is 24.2 Å². The van der Waals surface area contributed by atoms with Crippen LogP contribution in [0.4, 0.5) is 0 Å². The summed E-state index contributed by atoms with van der Waals surface area (Å²) in [6, 6.07) is 11.4. The minimum atomic E-state index is -0.190. The van der Waals surface area contributed by atoms with Gasteiger partial charge in [-0.3, -0.25) is 14.5 Å². The van der Waals surface area contributed by atoms with Crippen LogP contribution in [0.5, 0.6) is 11.5 Å². The van der Waals surface area contributed by atoms with Gasteiger partial charge in [0.05, 0.1) is 23.7 Å². The van der Waals surface area contributed by atoms with Gasteiger partial charge < -0.3 is 14.6 Å². The first-order valence-electron chi connectivity index (χ1n) is 11.4. The van der Waals surface area contributed by atoms with Gasteiger partial charge in [-0.2, -0.15) is 0 Å². The highest BCUT2D eigenvalue weighted by atomic mass is 16.5.